The highest BCUT2D eigenvalue weighted by atomic mass is 32.2. The van der Waals surface area contributed by atoms with Gasteiger partial charge in [0, 0.05) is 18.6 Å². The molecule has 0 atom stereocenters. The zero-order valence-corrected chi connectivity index (χ0v) is 12.0. The first-order valence-corrected chi connectivity index (χ1v) is 7.64. The van der Waals surface area contributed by atoms with Gasteiger partial charge in [0.2, 0.25) is 0 Å². The molecule has 1 aliphatic rings. The quantitative estimate of drug-likeness (QED) is 0.779. The minimum Gasteiger partial charge on any atom is -0.481 e. The molecular formula is C11H22N2O4S. The molecule has 1 saturated heterocycles. The van der Waals surface area contributed by atoms with E-state index in [1.807, 2.05) is 20.8 Å². The van der Waals surface area contributed by atoms with Crippen molar-refractivity contribution >= 4 is 16.2 Å². The first-order valence-electron chi connectivity index (χ1n) is 6.20. The SMILES string of the molecule is CCC(C)(C)NS(=O)(=O)N1CCC(C(=O)O)CC1. The lowest BCUT2D eigenvalue weighted by Gasteiger charge is -2.33. The monoisotopic (exact) mass is 278 g/mol. The summed E-state index contributed by atoms with van der Waals surface area (Å²) in [5.74, 6) is -1.26. The number of hydrogen-bond acceptors (Lipinski definition) is 3. The van der Waals surface area contributed by atoms with E-state index in [9.17, 15) is 13.2 Å². The second kappa shape index (κ2) is 5.54. The highest BCUT2D eigenvalue weighted by Crippen LogP contribution is 2.20. The molecule has 7 heteroatoms. The van der Waals surface area contributed by atoms with E-state index in [1.54, 1.807) is 0 Å². The molecule has 106 valence electrons. The fourth-order valence-electron chi connectivity index (χ4n) is 1.83. The van der Waals surface area contributed by atoms with E-state index in [-0.39, 0.29) is 13.1 Å². The number of rotatable bonds is 5. The van der Waals surface area contributed by atoms with Crippen LogP contribution in [0.3, 0.4) is 0 Å². The summed E-state index contributed by atoms with van der Waals surface area (Å²) in [5.41, 5.74) is -0.484. The van der Waals surface area contributed by atoms with Crippen LogP contribution in [-0.4, -0.2) is 42.4 Å². The predicted molar refractivity (Wildman–Crippen MR) is 68.4 cm³/mol. The largest absolute Gasteiger partial charge is 0.481 e. The van der Waals surface area contributed by atoms with Crippen LogP contribution in [0.4, 0.5) is 0 Å². The Morgan fingerprint density at radius 3 is 2.28 bits per heavy atom. The van der Waals surface area contributed by atoms with E-state index >= 15 is 0 Å². The summed E-state index contributed by atoms with van der Waals surface area (Å²) in [5, 5.41) is 8.87. The van der Waals surface area contributed by atoms with Crippen molar-refractivity contribution in [3.8, 4) is 0 Å². The Balaban J connectivity index is 2.64. The second-order valence-electron chi connectivity index (χ2n) is 5.36. The van der Waals surface area contributed by atoms with Crippen molar-refractivity contribution in [2.45, 2.75) is 45.6 Å². The van der Waals surface area contributed by atoms with Crippen molar-refractivity contribution in [1.29, 1.82) is 0 Å². The van der Waals surface area contributed by atoms with E-state index in [4.69, 9.17) is 5.11 Å². The van der Waals surface area contributed by atoms with E-state index in [1.165, 1.54) is 4.31 Å². The maximum absolute atomic E-state index is 12.1. The zero-order valence-electron chi connectivity index (χ0n) is 11.1. The number of nitrogens with zero attached hydrogens (tertiary/aromatic N) is 1. The van der Waals surface area contributed by atoms with Gasteiger partial charge in [0.05, 0.1) is 5.92 Å². The average Bonchev–Trinajstić information content (AvgIpc) is 2.28. The van der Waals surface area contributed by atoms with E-state index in [0.717, 1.165) is 0 Å². The fraction of sp³-hybridized carbons (Fsp3) is 0.909. The number of aliphatic carboxylic acids is 1. The summed E-state index contributed by atoms with van der Waals surface area (Å²) in [7, 11) is -3.51. The molecule has 0 aromatic carbocycles. The maximum atomic E-state index is 12.1. The molecule has 1 rings (SSSR count). The number of carbonyl (C=O) groups is 1. The molecule has 0 bridgehead atoms. The minimum absolute atomic E-state index is 0.270. The van der Waals surface area contributed by atoms with E-state index in [0.29, 0.717) is 19.3 Å². The molecule has 0 aromatic rings. The summed E-state index contributed by atoms with van der Waals surface area (Å²) in [6.07, 6.45) is 1.45. The third-order valence-electron chi connectivity index (χ3n) is 3.43. The Morgan fingerprint density at radius 1 is 1.39 bits per heavy atom. The molecule has 0 spiro atoms. The molecule has 1 heterocycles. The lowest BCUT2D eigenvalue weighted by Crippen LogP contribution is -2.52. The van der Waals surface area contributed by atoms with E-state index in [2.05, 4.69) is 4.72 Å². The van der Waals surface area contributed by atoms with Crippen molar-refractivity contribution in [2.75, 3.05) is 13.1 Å². The average molecular weight is 278 g/mol. The van der Waals surface area contributed by atoms with Gasteiger partial charge in [-0.25, -0.2) is 0 Å². The van der Waals surface area contributed by atoms with Crippen LogP contribution in [0.1, 0.15) is 40.0 Å². The number of carboxylic acids is 1. The van der Waals surface area contributed by atoms with Crippen LogP contribution in [0.2, 0.25) is 0 Å². The Hall–Kier alpha value is -0.660. The van der Waals surface area contributed by atoms with Crippen molar-refractivity contribution in [2.24, 2.45) is 5.92 Å². The number of carboxylic acid groups (broad SMARTS) is 1. The summed E-state index contributed by atoms with van der Waals surface area (Å²) in [6.45, 7) is 6.11. The summed E-state index contributed by atoms with van der Waals surface area (Å²) >= 11 is 0. The van der Waals surface area contributed by atoms with Gasteiger partial charge >= 0.3 is 5.97 Å². The molecule has 0 amide bonds. The van der Waals surface area contributed by atoms with Gasteiger partial charge in [0.1, 0.15) is 0 Å². The molecule has 0 radical (unpaired) electrons. The van der Waals surface area contributed by atoms with Gasteiger partial charge in [0.15, 0.2) is 0 Å². The smallest absolute Gasteiger partial charge is 0.306 e. The molecule has 0 aliphatic carbocycles. The molecule has 1 aliphatic heterocycles. The number of hydrogen-bond donors (Lipinski definition) is 2. The third kappa shape index (κ3) is 3.93. The summed E-state index contributed by atoms with van der Waals surface area (Å²) < 4.78 is 28.2. The Morgan fingerprint density at radius 2 is 1.89 bits per heavy atom. The van der Waals surface area contributed by atoms with Crippen molar-refractivity contribution in [3.05, 3.63) is 0 Å². The molecule has 0 saturated carbocycles. The van der Waals surface area contributed by atoms with Gasteiger partial charge in [-0.3, -0.25) is 4.79 Å². The lowest BCUT2D eigenvalue weighted by molar-refractivity contribution is -0.142. The highest BCUT2D eigenvalue weighted by Gasteiger charge is 2.33. The van der Waals surface area contributed by atoms with Crippen LogP contribution in [0.15, 0.2) is 0 Å². The van der Waals surface area contributed by atoms with Gasteiger partial charge in [0.25, 0.3) is 10.2 Å². The Labute approximate surface area is 109 Å². The molecule has 0 unspecified atom stereocenters. The van der Waals surface area contributed by atoms with Gasteiger partial charge in [-0.2, -0.15) is 17.4 Å². The van der Waals surface area contributed by atoms with Gasteiger partial charge < -0.3 is 5.11 Å². The van der Waals surface area contributed by atoms with Gasteiger partial charge in [-0.1, -0.05) is 6.92 Å². The molecule has 0 aromatic heterocycles. The zero-order chi connectivity index (χ0) is 14.0. The van der Waals surface area contributed by atoms with Crippen LogP contribution >= 0.6 is 0 Å². The predicted octanol–water partition coefficient (Wildman–Crippen LogP) is 0.806. The Bertz CT molecular complexity index is 397. The fourth-order valence-corrected chi connectivity index (χ4v) is 3.49. The topological polar surface area (TPSA) is 86.7 Å². The van der Waals surface area contributed by atoms with Gasteiger partial charge in [-0.15, -0.1) is 0 Å². The first-order chi connectivity index (χ1) is 8.18. The summed E-state index contributed by atoms with van der Waals surface area (Å²) in [4.78, 5) is 10.8. The van der Waals surface area contributed by atoms with Crippen molar-refractivity contribution in [3.63, 3.8) is 0 Å². The molecular weight excluding hydrogens is 256 g/mol. The van der Waals surface area contributed by atoms with Crippen LogP contribution in [0.5, 0.6) is 0 Å². The Kier molecular flexibility index (Phi) is 4.74. The first kappa shape index (κ1) is 15.4. The van der Waals surface area contributed by atoms with E-state index < -0.39 is 27.6 Å². The minimum atomic E-state index is -3.51. The summed E-state index contributed by atoms with van der Waals surface area (Å²) in [6, 6.07) is 0. The second-order valence-corrected chi connectivity index (χ2v) is 7.03. The van der Waals surface area contributed by atoms with Crippen LogP contribution in [0, 0.1) is 5.92 Å². The molecule has 18 heavy (non-hydrogen) atoms. The number of piperidine rings is 1. The third-order valence-corrected chi connectivity index (χ3v) is 5.29. The van der Waals surface area contributed by atoms with Crippen LogP contribution in [-0.2, 0) is 15.0 Å². The van der Waals surface area contributed by atoms with Crippen molar-refractivity contribution < 1.29 is 18.3 Å². The number of nitrogens with one attached hydrogen (secondary N) is 1. The van der Waals surface area contributed by atoms with Crippen molar-refractivity contribution in [1.82, 2.24) is 9.03 Å². The van der Waals surface area contributed by atoms with Crippen LogP contribution in [0.25, 0.3) is 0 Å². The maximum Gasteiger partial charge on any atom is 0.306 e. The standard InChI is InChI=1S/C11H22N2O4S/c1-4-11(2,3)12-18(16,17)13-7-5-9(6-8-13)10(14)15/h9,12H,4-8H2,1-3H3,(H,14,15). The molecule has 6 nitrogen and oxygen atoms in total. The van der Waals surface area contributed by atoms with Gasteiger partial charge in [-0.05, 0) is 33.1 Å². The molecule has 1 fully saturated rings. The molecule has 2 N–H and O–H groups in total. The van der Waals surface area contributed by atoms with Crippen LogP contribution < -0.4 is 4.72 Å². The lowest BCUT2D eigenvalue weighted by atomic mass is 9.99. The normalized spacial score (nSPS) is 19.9. The highest BCUT2D eigenvalue weighted by molar-refractivity contribution is 7.87.